The summed E-state index contributed by atoms with van der Waals surface area (Å²) < 4.78 is 53.5. The number of nitrogens with one attached hydrogen (secondary N) is 1. The smallest absolute Gasteiger partial charge is 0.422 e. The maximum atomic E-state index is 13.9. The summed E-state index contributed by atoms with van der Waals surface area (Å²) in [6, 6.07) is 3.97. The largest absolute Gasteiger partial charge is 0.440 e. The van der Waals surface area contributed by atoms with Gasteiger partial charge in [0, 0.05) is 18.8 Å². The highest BCUT2D eigenvalue weighted by molar-refractivity contribution is 5.85. The number of nitrogens with zero attached hydrogens (tertiary/aromatic N) is 1. The summed E-state index contributed by atoms with van der Waals surface area (Å²) in [7, 11) is 0. The Balaban J connectivity index is 1.95. The number of ether oxygens (including phenoxy) is 1. The second-order valence-electron chi connectivity index (χ2n) is 4.68. The lowest BCUT2D eigenvalue weighted by atomic mass is 10.2. The van der Waals surface area contributed by atoms with Crippen molar-refractivity contribution in [2.24, 2.45) is 0 Å². The first-order chi connectivity index (χ1) is 9.85. The maximum absolute atomic E-state index is 13.9. The molecule has 1 aliphatic heterocycles. The van der Waals surface area contributed by atoms with Gasteiger partial charge in [0.25, 0.3) is 0 Å². The van der Waals surface area contributed by atoms with Crippen LogP contribution in [0.1, 0.15) is 12.8 Å². The molecule has 0 aliphatic carbocycles. The Morgan fingerprint density at radius 2 is 1.95 bits per heavy atom. The third-order valence-electron chi connectivity index (χ3n) is 3.01. The zero-order valence-electron chi connectivity index (χ0n) is 11.0. The highest BCUT2D eigenvalue weighted by atomic mass is 19.4. The quantitative estimate of drug-likeness (QED) is 0.869. The molecule has 0 radical (unpaired) electrons. The minimum atomic E-state index is -4.60. The predicted molar refractivity (Wildman–Crippen MR) is 68.9 cm³/mol. The van der Waals surface area contributed by atoms with E-state index in [0.29, 0.717) is 5.69 Å². The Morgan fingerprint density at radius 1 is 1.29 bits per heavy atom. The number of carbonyl (C=O) groups excluding carboxylic acids is 1. The second-order valence-corrected chi connectivity index (χ2v) is 4.68. The number of halogens is 4. The fourth-order valence-electron chi connectivity index (χ4n) is 2.10. The molecule has 8 heteroatoms. The first-order valence-electron chi connectivity index (χ1n) is 6.40. The highest BCUT2D eigenvalue weighted by Crippen LogP contribution is 2.26. The van der Waals surface area contributed by atoms with Gasteiger partial charge in [0.05, 0.1) is 5.69 Å². The molecule has 2 rings (SSSR count). The monoisotopic (exact) mass is 306 g/mol. The van der Waals surface area contributed by atoms with E-state index in [1.807, 2.05) is 4.90 Å². The SMILES string of the molecule is O=C(Nc1ccc(N2CCCC2)c(F)c1)OCC(F)(F)F. The lowest BCUT2D eigenvalue weighted by Crippen LogP contribution is -2.23. The van der Waals surface area contributed by atoms with Gasteiger partial charge < -0.3 is 9.64 Å². The molecule has 0 spiro atoms. The molecule has 1 aromatic rings. The minimum absolute atomic E-state index is 0.0441. The van der Waals surface area contributed by atoms with Gasteiger partial charge in [0.15, 0.2) is 6.61 Å². The van der Waals surface area contributed by atoms with Crippen LogP contribution >= 0.6 is 0 Å². The number of anilines is 2. The average molecular weight is 306 g/mol. The van der Waals surface area contributed by atoms with Gasteiger partial charge in [0.2, 0.25) is 0 Å². The molecule has 1 heterocycles. The number of hydrogen-bond donors (Lipinski definition) is 1. The molecule has 0 saturated carbocycles. The van der Waals surface area contributed by atoms with Crippen LogP contribution < -0.4 is 10.2 Å². The molecule has 0 atom stereocenters. The van der Waals surface area contributed by atoms with Crippen molar-refractivity contribution in [1.82, 2.24) is 0 Å². The summed E-state index contributed by atoms with van der Waals surface area (Å²) in [4.78, 5) is 13.0. The van der Waals surface area contributed by atoms with Gasteiger partial charge in [-0.15, -0.1) is 0 Å². The van der Waals surface area contributed by atoms with E-state index in [1.165, 1.54) is 12.1 Å². The lowest BCUT2D eigenvalue weighted by Gasteiger charge is -2.18. The molecule has 1 amide bonds. The standard InChI is InChI=1S/C13H14F4N2O2/c14-10-7-9(18-12(20)21-8-13(15,16)17)3-4-11(10)19-5-1-2-6-19/h3-4,7H,1-2,5-6,8H2,(H,18,20). The van der Waals surface area contributed by atoms with Gasteiger partial charge in [-0.1, -0.05) is 0 Å². The number of carbonyl (C=O) groups is 1. The second kappa shape index (κ2) is 6.19. The number of benzene rings is 1. The summed E-state index contributed by atoms with van der Waals surface area (Å²) >= 11 is 0. The van der Waals surface area contributed by atoms with E-state index >= 15 is 0 Å². The van der Waals surface area contributed by atoms with Crippen molar-refractivity contribution in [2.45, 2.75) is 19.0 Å². The Morgan fingerprint density at radius 3 is 2.52 bits per heavy atom. The van der Waals surface area contributed by atoms with Crippen molar-refractivity contribution < 1.29 is 27.1 Å². The van der Waals surface area contributed by atoms with E-state index in [0.717, 1.165) is 32.0 Å². The van der Waals surface area contributed by atoms with E-state index in [-0.39, 0.29) is 5.69 Å². The topological polar surface area (TPSA) is 41.6 Å². The normalized spacial score (nSPS) is 15.1. The maximum Gasteiger partial charge on any atom is 0.422 e. The van der Waals surface area contributed by atoms with Crippen molar-refractivity contribution in [1.29, 1.82) is 0 Å². The van der Waals surface area contributed by atoms with E-state index in [9.17, 15) is 22.4 Å². The van der Waals surface area contributed by atoms with Crippen LogP contribution in [0.5, 0.6) is 0 Å². The summed E-state index contributed by atoms with van der Waals surface area (Å²) in [5.74, 6) is -0.537. The molecule has 1 aromatic carbocycles. The van der Waals surface area contributed by atoms with Crippen LogP contribution in [0.3, 0.4) is 0 Å². The molecule has 21 heavy (non-hydrogen) atoms. The van der Waals surface area contributed by atoms with Gasteiger partial charge in [-0.2, -0.15) is 13.2 Å². The van der Waals surface area contributed by atoms with Crippen LogP contribution in [-0.2, 0) is 4.74 Å². The molecule has 4 nitrogen and oxygen atoms in total. The van der Waals surface area contributed by atoms with E-state index in [1.54, 1.807) is 0 Å². The molecule has 1 aliphatic rings. The minimum Gasteiger partial charge on any atom is -0.440 e. The molecule has 116 valence electrons. The van der Waals surface area contributed by atoms with Crippen LogP contribution in [0.15, 0.2) is 18.2 Å². The third kappa shape index (κ3) is 4.51. The summed E-state index contributed by atoms with van der Waals surface area (Å²) in [6.45, 7) is -0.165. The fourth-order valence-corrected chi connectivity index (χ4v) is 2.10. The number of amides is 1. The number of hydrogen-bond acceptors (Lipinski definition) is 3. The zero-order chi connectivity index (χ0) is 15.5. The summed E-state index contributed by atoms with van der Waals surface area (Å²) in [5, 5.41) is 2.05. The zero-order valence-corrected chi connectivity index (χ0v) is 11.0. The average Bonchev–Trinajstić information content (AvgIpc) is 2.89. The molecule has 0 aromatic heterocycles. The van der Waals surface area contributed by atoms with Crippen molar-refractivity contribution in [3.63, 3.8) is 0 Å². The number of alkyl halides is 3. The molecule has 1 saturated heterocycles. The van der Waals surface area contributed by atoms with Gasteiger partial charge in [0.1, 0.15) is 5.82 Å². The molecular weight excluding hydrogens is 292 g/mol. The summed E-state index contributed by atoms with van der Waals surface area (Å²) in [6.07, 6.45) is -3.89. The predicted octanol–water partition coefficient (Wildman–Crippen LogP) is 3.54. The Hall–Kier alpha value is -1.99. The Labute approximate surface area is 118 Å². The van der Waals surface area contributed by atoms with Crippen LogP contribution in [0.25, 0.3) is 0 Å². The Kier molecular flexibility index (Phi) is 4.54. The Bertz CT molecular complexity index is 513. The van der Waals surface area contributed by atoms with Crippen molar-refractivity contribution >= 4 is 17.5 Å². The van der Waals surface area contributed by atoms with Crippen LogP contribution in [0.2, 0.25) is 0 Å². The van der Waals surface area contributed by atoms with Crippen LogP contribution in [0.4, 0.5) is 33.7 Å². The van der Waals surface area contributed by atoms with Gasteiger partial charge in [-0.05, 0) is 31.0 Å². The van der Waals surface area contributed by atoms with Gasteiger partial charge in [-0.25, -0.2) is 9.18 Å². The van der Waals surface area contributed by atoms with Gasteiger partial charge in [-0.3, -0.25) is 5.32 Å². The van der Waals surface area contributed by atoms with E-state index in [2.05, 4.69) is 10.1 Å². The summed E-state index contributed by atoms with van der Waals surface area (Å²) in [5.41, 5.74) is 0.462. The fraction of sp³-hybridized carbons (Fsp3) is 0.462. The van der Waals surface area contributed by atoms with Crippen molar-refractivity contribution in [2.75, 3.05) is 29.9 Å². The molecule has 1 fully saturated rings. The molecule has 0 bridgehead atoms. The van der Waals surface area contributed by atoms with Crippen LogP contribution in [-0.4, -0.2) is 32.0 Å². The highest BCUT2D eigenvalue weighted by Gasteiger charge is 2.29. The van der Waals surface area contributed by atoms with Crippen molar-refractivity contribution in [3.8, 4) is 0 Å². The van der Waals surface area contributed by atoms with E-state index in [4.69, 9.17) is 0 Å². The first kappa shape index (κ1) is 15.4. The van der Waals surface area contributed by atoms with Crippen molar-refractivity contribution in [3.05, 3.63) is 24.0 Å². The van der Waals surface area contributed by atoms with E-state index < -0.39 is 24.7 Å². The van der Waals surface area contributed by atoms with Crippen LogP contribution in [0, 0.1) is 5.82 Å². The molecule has 1 N–H and O–H groups in total. The first-order valence-corrected chi connectivity index (χ1v) is 6.40. The lowest BCUT2D eigenvalue weighted by molar-refractivity contribution is -0.159. The molecular formula is C13H14F4N2O2. The third-order valence-corrected chi connectivity index (χ3v) is 3.01. The van der Waals surface area contributed by atoms with Gasteiger partial charge >= 0.3 is 12.3 Å². The number of rotatable bonds is 3. The molecule has 0 unspecified atom stereocenters.